The molecule has 0 unspecified atom stereocenters. The fourth-order valence-electron chi connectivity index (χ4n) is 1.67. The monoisotopic (exact) mass is 217 g/mol. The molecule has 0 atom stereocenters. The first-order valence-electron chi connectivity index (χ1n) is 5.43. The molecule has 0 spiro atoms. The number of hydrogen-bond acceptors (Lipinski definition) is 2. The molecule has 4 heteroatoms. The van der Waals surface area contributed by atoms with E-state index in [1.54, 1.807) is 0 Å². The van der Waals surface area contributed by atoms with E-state index in [-0.39, 0.29) is 5.91 Å². The Morgan fingerprint density at radius 3 is 2.88 bits per heavy atom. The zero-order chi connectivity index (χ0) is 11.5. The summed E-state index contributed by atoms with van der Waals surface area (Å²) in [5.74, 6) is 0.357. The van der Waals surface area contributed by atoms with E-state index < -0.39 is 0 Å². The van der Waals surface area contributed by atoms with Crippen molar-refractivity contribution in [2.75, 3.05) is 6.54 Å². The Bertz CT molecular complexity index is 516. The minimum Gasteiger partial charge on any atom is -0.349 e. The van der Waals surface area contributed by atoms with Crippen LogP contribution in [0.2, 0.25) is 0 Å². The molecule has 1 N–H and O–H groups in total. The summed E-state index contributed by atoms with van der Waals surface area (Å²) in [6.45, 7) is 2.71. The largest absolute Gasteiger partial charge is 0.349 e. The van der Waals surface area contributed by atoms with Crippen molar-refractivity contribution in [2.45, 2.75) is 13.3 Å². The highest BCUT2D eigenvalue weighted by molar-refractivity contribution is 5.94. The topological polar surface area (TPSA) is 46.9 Å². The highest BCUT2D eigenvalue weighted by Gasteiger charge is 2.13. The second-order valence-corrected chi connectivity index (χ2v) is 3.74. The van der Waals surface area contributed by atoms with Gasteiger partial charge in [0.1, 0.15) is 0 Å². The van der Waals surface area contributed by atoms with E-state index in [1.807, 2.05) is 42.8 Å². The maximum Gasteiger partial charge on any atom is 0.287 e. The van der Waals surface area contributed by atoms with Gasteiger partial charge in [0, 0.05) is 13.6 Å². The van der Waals surface area contributed by atoms with Crippen LogP contribution in [-0.4, -0.2) is 22.0 Å². The molecule has 0 aliphatic carbocycles. The molecule has 0 bridgehead atoms. The molecule has 0 saturated heterocycles. The Balaban J connectivity index is 2.37. The first-order valence-corrected chi connectivity index (χ1v) is 5.43. The summed E-state index contributed by atoms with van der Waals surface area (Å²) in [4.78, 5) is 16.1. The molecule has 0 radical (unpaired) electrons. The molecule has 1 amide bonds. The van der Waals surface area contributed by atoms with Crippen molar-refractivity contribution in [2.24, 2.45) is 7.05 Å². The first kappa shape index (κ1) is 10.7. The van der Waals surface area contributed by atoms with Crippen LogP contribution in [0.4, 0.5) is 0 Å². The number of carbonyl (C=O) groups excluding carboxylic acids is 1. The summed E-state index contributed by atoms with van der Waals surface area (Å²) in [7, 11) is 1.86. The molecule has 1 heterocycles. The van der Waals surface area contributed by atoms with Crippen molar-refractivity contribution in [3.8, 4) is 0 Å². The van der Waals surface area contributed by atoms with Gasteiger partial charge in [-0.15, -0.1) is 0 Å². The number of nitrogens with one attached hydrogen (secondary N) is 1. The number of para-hydroxylation sites is 2. The number of benzene rings is 1. The van der Waals surface area contributed by atoms with E-state index in [4.69, 9.17) is 0 Å². The number of amides is 1. The van der Waals surface area contributed by atoms with Gasteiger partial charge in [0.2, 0.25) is 0 Å². The number of imidazole rings is 1. The normalized spacial score (nSPS) is 10.6. The van der Waals surface area contributed by atoms with Crippen molar-refractivity contribution in [1.82, 2.24) is 14.9 Å². The third kappa shape index (κ3) is 1.78. The van der Waals surface area contributed by atoms with Crippen LogP contribution in [0.25, 0.3) is 11.0 Å². The molecule has 0 saturated carbocycles. The molecular formula is C12H15N3O. The Kier molecular flexibility index (Phi) is 2.90. The van der Waals surface area contributed by atoms with Gasteiger partial charge < -0.3 is 9.88 Å². The zero-order valence-corrected chi connectivity index (χ0v) is 9.53. The third-order valence-electron chi connectivity index (χ3n) is 2.53. The van der Waals surface area contributed by atoms with Crippen LogP contribution in [0.15, 0.2) is 24.3 Å². The number of carbonyl (C=O) groups is 1. The van der Waals surface area contributed by atoms with E-state index in [9.17, 15) is 4.79 Å². The smallest absolute Gasteiger partial charge is 0.287 e. The van der Waals surface area contributed by atoms with Crippen molar-refractivity contribution < 1.29 is 4.79 Å². The van der Waals surface area contributed by atoms with Crippen molar-refractivity contribution in [3.05, 3.63) is 30.1 Å². The lowest BCUT2D eigenvalue weighted by molar-refractivity contribution is 0.0940. The molecule has 0 aliphatic rings. The van der Waals surface area contributed by atoms with Crippen LogP contribution in [0.3, 0.4) is 0 Å². The van der Waals surface area contributed by atoms with Gasteiger partial charge in [-0.05, 0) is 18.6 Å². The summed E-state index contributed by atoms with van der Waals surface area (Å²) >= 11 is 0. The highest BCUT2D eigenvalue weighted by Crippen LogP contribution is 2.13. The maximum absolute atomic E-state index is 11.8. The fourth-order valence-corrected chi connectivity index (χ4v) is 1.67. The van der Waals surface area contributed by atoms with E-state index in [2.05, 4.69) is 10.3 Å². The van der Waals surface area contributed by atoms with E-state index in [1.165, 1.54) is 0 Å². The molecule has 84 valence electrons. The van der Waals surface area contributed by atoms with Gasteiger partial charge in [-0.2, -0.15) is 0 Å². The number of aryl methyl sites for hydroxylation is 1. The molecule has 2 rings (SSSR count). The summed E-state index contributed by atoms with van der Waals surface area (Å²) in [5.41, 5.74) is 1.83. The van der Waals surface area contributed by atoms with Crippen molar-refractivity contribution in [1.29, 1.82) is 0 Å². The first-order chi connectivity index (χ1) is 7.74. The second-order valence-electron chi connectivity index (χ2n) is 3.74. The molecule has 4 nitrogen and oxygen atoms in total. The predicted octanol–water partition coefficient (Wildman–Crippen LogP) is 1.71. The van der Waals surface area contributed by atoms with Crippen molar-refractivity contribution >= 4 is 16.9 Å². The highest BCUT2D eigenvalue weighted by atomic mass is 16.2. The number of nitrogens with zero attached hydrogens (tertiary/aromatic N) is 2. The molecule has 0 fully saturated rings. The lowest BCUT2D eigenvalue weighted by Crippen LogP contribution is -2.26. The molecule has 1 aromatic carbocycles. The quantitative estimate of drug-likeness (QED) is 0.850. The Labute approximate surface area is 94.3 Å². The van der Waals surface area contributed by atoms with Crippen LogP contribution >= 0.6 is 0 Å². The minimum atomic E-state index is -0.111. The molecule has 16 heavy (non-hydrogen) atoms. The van der Waals surface area contributed by atoms with Crippen LogP contribution < -0.4 is 5.32 Å². The zero-order valence-electron chi connectivity index (χ0n) is 9.53. The van der Waals surface area contributed by atoms with Gasteiger partial charge in [0.15, 0.2) is 5.82 Å². The number of aromatic nitrogens is 2. The standard InChI is InChI=1S/C12H15N3O/c1-3-8-13-12(16)11-14-9-6-4-5-7-10(9)15(11)2/h4-7H,3,8H2,1-2H3,(H,13,16). The Morgan fingerprint density at radius 2 is 2.19 bits per heavy atom. The van der Waals surface area contributed by atoms with Crippen LogP contribution in [-0.2, 0) is 7.05 Å². The van der Waals surface area contributed by atoms with Crippen LogP contribution in [0.5, 0.6) is 0 Å². The van der Waals surface area contributed by atoms with E-state index in [0.29, 0.717) is 12.4 Å². The number of hydrogen-bond donors (Lipinski definition) is 1. The number of fused-ring (bicyclic) bond motifs is 1. The van der Waals surface area contributed by atoms with Crippen LogP contribution in [0, 0.1) is 0 Å². The van der Waals surface area contributed by atoms with Gasteiger partial charge >= 0.3 is 0 Å². The SMILES string of the molecule is CCCNC(=O)c1nc2ccccc2n1C. The lowest BCUT2D eigenvalue weighted by atomic mass is 10.3. The fraction of sp³-hybridized carbons (Fsp3) is 0.333. The van der Waals surface area contributed by atoms with Crippen LogP contribution in [0.1, 0.15) is 24.0 Å². The van der Waals surface area contributed by atoms with Gasteiger partial charge in [0.05, 0.1) is 11.0 Å². The van der Waals surface area contributed by atoms with Gasteiger partial charge in [-0.1, -0.05) is 19.1 Å². The summed E-state index contributed by atoms with van der Waals surface area (Å²) < 4.78 is 1.82. The van der Waals surface area contributed by atoms with E-state index in [0.717, 1.165) is 17.5 Å². The Morgan fingerprint density at radius 1 is 1.44 bits per heavy atom. The molecule has 1 aromatic heterocycles. The average Bonchev–Trinajstić information content (AvgIpc) is 2.64. The molecular weight excluding hydrogens is 202 g/mol. The minimum absolute atomic E-state index is 0.111. The maximum atomic E-state index is 11.8. The van der Waals surface area contributed by atoms with Gasteiger partial charge in [-0.3, -0.25) is 4.79 Å². The Hall–Kier alpha value is -1.84. The third-order valence-corrected chi connectivity index (χ3v) is 2.53. The summed E-state index contributed by atoms with van der Waals surface area (Å²) in [6.07, 6.45) is 0.926. The molecule has 2 aromatic rings. The summed E-state index contributed by atoms with van der Waals surface area (Å²) in [6, 6.07) is 7.73. The second kappa shape index (κ2) is 4.35. The lowest BCUT2D eigenvalue weighted by Gasteiger charge is -2.02. The van der Waals surface area contributed by atoms with Gasteiger partial charge in [-0.25, -0.2) is 4.98 Å². The summed E-state index contributed by atoms with van der Waals surface area (Å²) in [5, 5.41) is 2.83. The number of rotatable bonds is 3. The molecule has 0 aliphatic heterocycles. The van der Waals surface area contributed by atoms with Gasteiger partial charge in [0.25, 0.3) is 5.91 Å². The van der Waals surface area contributed by atoms with Crippen molar-refractivity contribution in [3.63, 3.8) is 0 Å². The average molecular weight is 217 g/mol. The van der Waals surface area contributed by atoms with E-state index >= 15 is 0 Å². The predicted molar refractivity (Wildman–Crippen MR) is 63.3 cm³/mol.